The maximum absolute atomic E-state index is 5.50. The van der Waals surface area contributed by atoms with Gasteiger partial charge < -0.3 is 16.5 Å². The van der Waals surface area contributed by atoms with Crippen LogP contribution in [0.3, 0.4) is 0 Å². The molecule has 0 spiro atoms. The minimum absolute atomic E-state index is 0.850. The average molecular weight is 129 g/mol. The van der Waals surface area contributed by atoms with Crippen LogP contribution in [0.4, 0.5) is 0 Å². The van der Waals surface area contributed by atoms with Crippen molar-refractivity contribution in [3.63, 3.8) is 0 Å². The van der Waals surface area contributed by atoms with Crippen molar-refractivity contribution in [3.05, 3.63) is 11.4 Å². The van der Waals surface area contributed by atoms with Crippen LogP contribution in [0.5, 0.6) is 0 Å². The molecule has 0 aliphatic heterocycles. The van der Waals surface area contributed by atoms with Crippen LogP contribution in [0.1, 0.15) is 13.8 Å². The number of rotatable bonds is 1. The first-order valence-electron chi connectivity index (χ1n) is 2.64. The first-order valence-corrected chi connectivity index (χ1v) is 2.64. The van der Waals surface area contributed by atoms with Gasteiger partial charge in [0.1, 0.15) is 0 Å². The van der Waals surface area contributed by atoms with Gasteiger partial charge in [0.05, 0.1) is 0 Å². The molecular weight excluding hydrogens is 114 g/mol. The molecule has 0 aliphatic carbocycles. The molecule has 0 heterocycles. The summed E-state index contributed by atoms with van der Waals surface area (Å²) in [6, 6.07) is 0. The van der Waals surface area contributed by atoms with Gasteiger partial charge in [-0.3, -0.25) is 0 Å². The third-order valence-electron chi connectivity index (χ3n) is 0.967. The summed E-state index contributed by atoms with van der Waals surface area (Å²) in [7, 11) is 1.85. The Morgan fingerprint density at radius 2 is 1.78 bits per heavy atom. The molecule has 0 aromatic rings. The van der Waals surface area contributed by atoms with Gasteiger partial charge in [-0.2, -0.15) is 0 Å². The van der Waals surface area contributed by atoms with Gasteiger partial charge in [-0.05, 0) is 20.6 Å². The standard InChI is InChI=1S/C5H12N2.CH3N/c1-4(6)5(2)7-3;1-2/h7H,6H2,1-3H3;2H,1H2/b5-4+;. The number of hydrogen-bond donors (Lipinski definition) is 3. The lowest BCUT2D eigenvalue weighted by atomic mass is 10.4. The summed E-state index contributed by atoms with van der Waals surface area (Å²) in [6.07, 6.45) is 0. The van der Waals surface area contributed by atoms with Crippen molar-refractivity contribution in [3.8, 4) is 0 Å². The fourth-order valence-corrected chi connectivity index (χ4v) is 0.197. The summed E-state index contributed by atoms with van der Waals surface area (Å²) in [5.74, 6) is 0. The van der Waals surface area contributed by atoms with Crippen LogP contribution in [0.25, 0.3) is 0 Å². The molecule has 9 heavy (non-hydrogen) atoms. The second-order valence-electron chi connectivity index (χ2n) is 1.56. The molecule has 0 saturated heterocycles. The molecule has 0 rings (SSSR count). The maximum atomic E-state index is 5.50. The van der Waals surface area contributed by atoms with Gasteiger partial charge in [0.25, 0.3) is 0 Å². The molecule has 0 aromatic heterocycles. The Balaban J connectivity index is 0. The smallest absolute Gasteiger partial charge is 0.0260 e. The van der Waals surface area contributed by atoms with Crippen molar-refractivity contribution in [2.75, 3.05) is 7.05 Å². The van der Waals surface area contributed by atoms with E-state index in [-0.39, 0.29) is 0 Å². The molecule has 0 bridgehead atoms. The summed E-state index contributed by atoms with van der Waals surface area (Å²) >= 11 is 0. The number of nitrogens with one attached hydrogen (secondary N) is 2. The third kappa shape index (κ3) is 7.01. The van der Waals surface area contributed by atoms with E-state index in [0.717, 1.165) is 11.4 Å². The molecule has 54 valence electrons. The minimum atomic E-state index is 0.850. The molecular formula is C6H15N3. The lowest BCUT2D eigenvalue weighted by Gasteiger charge is -1.98. The van der Waals surface area contributed by atoms with E-state index in [0.29, 0.717) is 0 Å². The largest absolute Gasteiger partial charge is 0.401 e. The predicted octanol–water partition coefficient (Wildman–Crippen LogP) is 0.682. The summed E-state index contributed by atoms with van der Waals surface area (Å²) in [6.45, 7) is 6.31. The topological polar surface area (TPSA) is 61.9 Å². The molecule has 0 amide bonds. The Morgan fingerprint density at radius 1 is 1.44 bits per heavy atom. The van der Waals surface area contributed by atoms with Gasteiger partial charge in [0, 0.05) is 18.4 Å². The van der Waals surface area contributed by atoms with Crippen LogP contribution < -0.4 is 11.1 Å². The molecule has 0 aromatic carbocycles. The maximum Gasteiger partial charge on any atom is 0.0260 e. The fraction of sp³-hybridized carbons (Fsp3) is 0.500. The van der Waals surface area contributed by atoms with Gasteiger partial charge in [0.15, 0.2) is 0 Å². The van der Waals surface area contributed by atoms with E-state index in [4.69, 9.17) is 11.1 Å². The molecule has 4 N–H and O–H groups in total. The van der Waals surface area contributed by atoms with Crippen LogP contribution in [0.2, 0.25) is 0 Å². The molecule has 3 nitrogen and oxygen atoms in total. The van der Waals surface area contributed by atoms with E-state index < -0.39 is 0 Å². The summed E-state index contributed by atoms with van der Waals surface area (Å²) < 4.78 is 0. The highest BCUT2D eigenvalue weighted by Gasteiger charge is 1.81. The van der Waals surface area contributed by atoms with Crippen LogP contribution in [-0.2, 0) is 0 Å². The van der Waals surface area contributed by atoms with Gasteiger partial charge in [0.2, 0.25) is 0 Å². The van der Waals surface area contributed by atoms with Crippen LogP contribution in [0.15, 0.2) is 11.4 Å². The second-order valence-corrected chi connectivity index (χ2v) is 1.56. The molecule has 0 fully saturated rings. The van der Waals surface area contributed by atoms with Crippen LogP contribution in [-0.4, -0.2) is 13.8 Å². The Morgan fingerprint density at radius 3 is 1.78 bits per heavy atom. The Bertz CT molecular complexity index is 92.5. The van der Waals surface area contributed by atoms with Crippen molar-refractivity contribution >= 4 is 6.72 Å². The lowest BCUT2D eigenvalue weighted by molar-refractivity contribution is 0.949. The number of allylic oxidation sites excluding steroid dienone is 2. The van der Waals surface area contributed by atoms with E-state index in [2.05, 4.69) is 12.0 Å². The van der Waals surface area contributed by atoms with Crippen molar-refractivity contribution in [2.45, 2.75) is 13.8 Å². The van der Waals surface area contributed by atoms with Crippen molar-refractivity contribution < 1.29 is 0 Å². The number of nitrogens with two attached hydrogens (primary N) is 1. The molecule has 3 heteroatoms. The Kier molecular flexibility index (Phi) is 8.49. The summed E-state index contributed by atoms with van der Waals surface area (Å²) in [4.78, 5) is 0. The van der Waals surface area contributed by atoms with Crippen molar-refractivity contribution in [1.29, 1.82) is 5.41 Å². The molecule has 0 atom stereocenters. The normalized spacial score (nSPS) is 10.6. The first kappa shape index (κ1) is 10.9. The van der Waals surface area contributed by atoms with Crippen LogP contribution >= 0.6 is 0 Å². The van der Waals surface area contributed by atoms with Gasteiger partial charge in [-0.25, -0.2) is 0 Å². The third-order valence-corrected chi connectivity index (χ3v) is 0.967. The summed E-state index contributed by atoms with van der Waals surface area (Å²) in [5, 5.41) is 8.42. The highest BCUT2D eigenvalue weighted by Crippen LogP contribution is 1.86. The van der Waals surface area contributed by atoms with E-state index >= 15 is 0 Å². The van der Waals surface area contributed by atoms with Gasteiger partial charge in [-0.15, -0.1) is 0 Å². The fourth-order valence-electron chi connectivity index (χ4n) is 0.197. The van der Waals surface area contributed by atoms with Gasteiger partial charge in [-0.1, -0.05) is 0 Å². The lowest BCUT2D eigenvalue weighted by Crippen LogP contribution is -2.08. The molecule has 0 radical (unpaired) electrons. The number of hydrogen-bond acceptors (Lipinski definition) is 3. The zero-order valence-electron chi connectivity index (χ0n) is 6.28. The van der Waals surface area contributed by atoms with Gasteiger partial charge >= 0.3 is 0 Å². The highest BCUT2D eigenvalue weighted by atomic mass is 14.8. The predicted molar refractivity (Wildman–Crippen MR) is 41.5 cm³/mol. The SMILES string of the molecule is C=N.CN/C(C)=C(\C)N. The zero-order chi connectivity index (χ0) is 7.86. The van der Waals surface area contributed by atoms with Crippen LogP contribution in [0, 0.1) is 5.41 Å². The Hall–Kier alpha value is -0.990. The van der Waals surface area contributed by atoms with E-state index in [1.165, 1.54) is 0 Å². The quantitative estimate of drug-likeness (QED) is 0.456. The Labute approximate surface area is 56.5 Å². The monoisotopic (exact) mass is 129 g/mol. The van der Waals surface area contributed by atoms with E-state index in [9.17, 15) is 0 Å². The molecule has 0 aliphatic rings. The van der Waals surface area contributed by atoms with E-state index in [1.807, 2.05) is 20.9 Å². The van der Waals surface area contributed by atoms with Crippen molar-refractivity contribution in [2.24, 2.45) is 5.73 Å². The molecule has 0 unspecified atom stereocenters. The molecule has 0 saturated carbocycles. The van der Waals surface area contributed by atoms with E-state index in [1.54, 1.807) is 0 Å². The second kappa shape index (κ2) is 7.01. The van der Waals surface area contributed by atoms with Crippen molar-refractivity contribution in [1.82, 2.24) is 5.32 Å². The minimum Gasteiger partial charge on any atom is -0.401 e. The first-order chi connectivity index (χ1) is 4.18. The highest BCUT2D eigenvalue weighted by molar-refractivity contribution is 5.15. The zero-order valence-corrected chi connectivity index (χ0v) is 6.28. The average Bonchev–Trinajstić information content (AvgIpc) is 1.91. The summed E-state index contributed by atoms with van der Waals surface area (Å²) in [5.41, 5.74) is 7.25.